The van der Waals surface area contributed by atoms with Crippen molar-refractivity contribution in [2.75, 3.05) is 17.7 Å². The molecule has 22 heavy (non-hydrogen) atoms. The first-order valence-electron chi connectivity index (χ1n) is 7.25. The van der Waals surface area contributed by atoms with E-state index < -0.39 is 0 Å². The number of ether oxygens (including phenoxy) is 1. The van der Waals surface area contributed by atoms with Gasteiger partial charge in [-0.25, -0.2) is 0 Å². The number of hydrogen-bond donors (Lipinski definition) is 2. The van der Waals surface area contributed by atoms with Crippen LogP contribution in [0.3, 0.4) is 0 Å². The smallest absolute Gasteiger partial charge is 0.316 e. The minimum absolute atomic E-state index is 0.0829. The number of anilines is 1. The van der Waals surface area contributed by atoms with E-state index >= 15 is 0 Å². The van der Waals surface area contributed by atoms with Crippen molar-refractivity contribution < 1.29 is 14.3 Å². The molecule has 2 atom stereocenters. The van der Waals surface area contributed by atoms with Crippen molar-refractivity contribution in [1.82, 2.24) is 10.2 Å². The largest absolute Gasteiger partial charge is 0.465 e. The predicted octanol–water partition coefficient (Wildman–Crippen LogP) is 1.65. The SMILES string of the molecule is CCOC(=O)CSc1nnc(NC(=O)C[C@@H]2CCC[C@H]2N)s1. The molecule has 0 aliphatic heterocycles. The Morgan fingerprint density at radius 3 is 2.95 bits per heavy atom. The molecule has 9 heteroatoms. The Balaban J connectivity index is 1.76. The molecule has 1 aromatic heterocycles. The van der Waals surface area contributed by atoms with Gasteiger partial charge in [-0.05, 0) is 25.7 Å². The highest BCUT2D eigenvalue weighted by molar-refractivity contribution is 8.01. The van der Waals surface area contributed by atoms with Gasteiger partial charge in [-0.2, -0.15) is 0 Å². The Morgan fingerprint density at radius 1 is 1.45 bits per heavy atom. The summed E-state index contributed by atoms with van der Waals surface area (Å²) in [4.78, 5) is 23.2. The van der Waals surface area contributed by atoms with Crippen LogP contribution in [0.25, 0.3) is 0 Å². The zero-order valence-electron chi connectivity index (χ0n) is 12.4. The van der Waals surface area contributed by atoms with Gasteiger partial charge in [0.2, 0.25) is 11.0 Å². The fourth-order valence-electron chi connectivity index (χ4n) is 2.37. The van der Waals surface area contributed by atoms with E-state index in [0.29, 0.717) is 22.5 Å². The van der Waals surface area contributed by atoms with Gasteiger partial charge >= 0.3 is 5.97 Å². The van der Waals surface area contributed by atoms with E-state index in [2.05, 4.69) is 15.5 Å². The summed E-state index contributed by atoms with van der Waals surface area (Å²) in [5.41, 5.74) is 5.96. The summed E-state index contributed by atoms with van der Waals surface area (Å²) in [6, 6.07) is 0.121. The monoisotopic (exact) mass is 344 g/mol. The molecule has 2 rings (SSSR count). The maximum Gasteiger partial charge on any atom is 0.316 e. The molecule has 1 heterocycles. The molecule has 0 spiro atoms. The van der Waals surface area contributed by atoms with Crippen molar-refractivity contribution >= 4 is 40.1 Å². The van der Waals surface area contributed by atoms with E-state index in [-0.39, 0.29) is 29.6 Å². The minimum Gasteiger partial charge on any atom is -0.465 e. The van der Waals surface area contributed by atoms with E-state index in [1.807, 2.05) is 0 Å². The van der Waals surface area contributed by atoms with Crippen LogP contribution in [0.5, 0.6) is 0 Å². The molecule has 1 aromatic rings. The maximum atomic E-state index is 12.0. The zero-order chi connectivity index (χ0) is 15.9. The van der Waals surface area contributed by atoms with Crippen molar-refractivity contribution in [3.63, 3.8) is 0 Å². The van der Waals surface area contributed by atoms with Gasteiger partial charge in [0.15, 0.2) is 4.34 Å². The van der Waals surface area contributed by atoms with Crippen molar-refractivity contribution in [2.24, 2.45) is 11.7 Å². The summed E-state index contributed by atoms with van der Waals surface area (Å²) < 4.78 is 5.46. The lowest BCUT2D eigenvalue weighted by molar-refractivity contribution is -0.139. The Morgan fingerprint density at radius 2 is 2.27 bits per heavy atom. The van der Waals surface area contributed by atoms with Crippen LogP contribution in [-0.2, 0) is 14.3 Å². The second-order valence-corrected chi connectivity index (χ2v) is 7.27. The fourth-order valence-corrected chi connectivity index (χ4v) is 3.94. The zero-order valence-corrected chi connectivity index (χ0v) is 14.0. The summed E-state index contributed by atoms with van der Waals surface area (Å²) in [5.74, 6) is 0.0717. The van der Waals surface area contributed by atoms with Crippen molar-refractivity contribution in [1.29, 1.82) is 0 Å². The van der Waals surface area contributed by atoms with Crippen LogP contribution < -0.4 is 11.1 Å². The highest BCUT2D eigenvalue weighted by atomic mass is 32.2. The molecule has 3 N–H and O–H groups in total. The van der Waals surface area contributed by atoms with Gasteiger partial charge < -0.3 is 15.8 Å². The Kier molecular flexibility index (Phi) is 6.59. The number of nitrogens with zero attached hydrogens (tertiary/aromatic N) is 2. The van der Waals surface area contributed by atoms with Gasteiger partial charge in [0, 0.05) is 12.5 Å². The van der Waals surface area contributed by atoms with Gasteiger partial charge in [-0.15, -0.1) is 10.2 Å². The molecule has 0 saturated heterocycles. The molecule has 122 valence electrons. The Labute approximate surface area is 137 Å². The number of carbonyl (C=O) groups is 2. The Hall–Kier alpha value is -1.19. The van der Waals surface area contributed by atoms with E-state index in [9.17, 15) is 9.59 Å². The first-order valence-corrected chi connectivity index (χ1v) is 9.06. The number of esters is 1. The molecule has 1 fully saturated rings. The molecular weight excluding hydrogens is 324 g/mol. The number of carbonyl (C=O) groups excluding carboxylic acids is 2. The van der Waals surface area contributed by atoms with Crippen LogP contribution >= 0.6 is 23.1 Å². The highest BCUT2D eigenvalue weighted by Crippen LogP contribution is 2.28. The molecule has 1 amide bonds. The number of thioether (sulfide) groups is 1. The molecule has 1 aliphatic carbocycles. The first kappa shape index (κ1) is 17.2. The third-order valence-corrected chi connectivity index (χ3v) is 5.38. The highest BCUT2D eigenvalue weighted by Gasteiger charge is 2.26. The molecule has 0 radical (unpaired) electrons. The number of nitrogens with one attached hydrogen (secondary N) is 1. The molecule has 0 unspecified atom stereocenters. The number of hydrogen-bond acceptors (Lipinski definition) is 8. The molecule has 1 aliphatic rings. The van der Waals surface area contributed by atoms with Crippen molar-refractivity contribution in [2.45, 2.75) is 43.0 Å². The summed E-state index contributed by atoms with van der Waals surface area (Å²) in [5, 5.41) is 11.0. The van der Waals surface area contributed by atoms with Gasteiger partial charge in [-0.1, -0.05) is 29.5 Å². The van der Waals surface area contributed by atoms with E-state index in [0.717, 1.165) is 19.3 Å². The summed E-state index contributed by atoms with van der Waals surface area (Å²) in [6.07, 6.45) is 3.51. The predicted molar refractivity (Wildman–Crippen MR) is 85.8 cm³/mol. The summed E-state index contributed by atoms with van der Waals surface area (Å²) >= 11 is 2.50. The third kappa shape index (κ3) is 5.22. The number of rotatable bonds is 7. The number of amides is 1. The number of nitrogens with two attached hydrogens (primary N) is 1. The molecule has 0 aromatic carbocycles. The topological polar surface area (TPSA) is 107 Å². The molecular formula is C13H20N4O3S2. The lowest BCUT2D eigenvalue weighted by Gasteiger charge is -2.13. The quantitative estimate of drug-likeness (QED) is 0.440. The standard InChI is InChI=1S/C13H20N4O3S2/c1-2-20-11(19)7-21-13-17-16-12(22-13)15-10(18)6-8-4-3-5-9(8)14/h8-9H,2-7,14H2,1H3,(H,15,16,18)/t8-,9+/m0/s1. The van der Waals surface area contributed by atoms with Gasteiger partial charge in [0.1, 0.15) is 0 Å². The van der Waals surface area contributed by atoms with E-state index in [4.69, 9.17) is 10.5 Å². The van der Waals surface area contributed by atoms with Crippen LogP contribution in [0, 0.1) is 5.92 Å². The first-order chi connectivity index (χ1) is 10.6. The lowest BCUT2D eigenvalue weighted by atomic mass is 10.00. The average molecular weight is 344 g/mol. The van der Waals surface area contributed by atoms with E-state index in [1.54, 1.807) is 6.92 Å². The van der Waals surface area contributed by atoms with Gasteiger partial charge in [-0.3, -0.25) is 9.59 Å². The number of aromatic nitrogens is 2. The summed E-state index contributed by atoms with van der Waals surface area (Å²) in [7, 11) is 0. The van der Waals surface area contributed by atoms with Crippen LogP contribution in [0.15, 0.2) is 4.34 Å². The maximum absolute atomic E-state index is 12.0. The second-order valence-electron chi connectivity index (χ2n) is 5.07. The van der Waals surface area contributed by atoms with Gasteiger partial charge in [0.05, 0.1) is 12.4 Å². The van der Waals surface area contributed by atoms with Crippen molar-refractivity contribution in [3.8, 4) is 0 Å². The lowest BCUT2D eigenvalue weighted by Crippen LogP contribution is -2.28. The third-order valence-electron chi connectivity index (χ3n) is 3.44. The minimum atomic E-state index is -0.288. The van der Waals surface area contributed by atoms with Crippen LogP contribution in [0.2, 0.25) is 0 Å². The van der Waals surface area contributed by atoms with Crippen LogP contribution in [0.4, 0.5) is 5.13 Å². The average Bonchev–Trinajstić information content (AvgIpc) is 3.07. The molecule has 0 bridgehead atoms. The van der Waals surface area contributed by atoms with Gasteiger partial charge in [0.25, 0.3) is 0 Å². The Bertz CT molecular complexity index is 523. The molecule has 7 nitrogen and oxygen atoms in total. The van der Waals surface area contributed by atoms with E-state index in [1.165, 1.54) is 23.1 Å². The second kappa shape index (κ2) is 8.44. The summed E-state index contributed by atoms with van der Waals surface area (Å²) in [6.45, 7) is 2.12. The fraction of sp³-hybridized carbons (Fsp3) is 0.692. The normalized spacial score (nSPS) is 20.8. The van der Waals surface area contributed by atoms with Crippen LogP contribution in [0.1, 0.15) is 32.6 Å². The van der Waals surface area contributed by atoms with Crippen molar-refractivity contribution in [3.05, 3.63) is 0 Å². The molecule has 1 saturated carbocycles. The van der Waals surface area contributed by atoms with Crippen LogP contribution in [-0.4, -0.2) is 40.5 Å².